The number of rotatable bonds is 10. The number of unbranched alkanes of at least 4 members (excludes halogenated alkanes) is 4. The van der Waals surface area contributed by atoms with Crippen LogP contribution in [0.4, 0.5) is 4.79 Å². The predicted octanol–water partition coefficient (Wildman–Crippen LogP) is 4.94. The Morgan fingerprint density at radius 3 is 2.58 bits per heavy atom. The van der Waals surface area contributed by atoms with Gasteiger partial charge in [0.05, 0.1) is 5.54 Å². The van der Waals surface area contributed by atoms with E-state index in [9.17, 15) is 9.90 Å². The van der Waals surface area contributed by atoms with Crippen molar-refractivity contribution in [1.82, 2.24) is 10.2 Å². The Balaban J connectivity index is 2.21. The van der Waals surface area contributed by atoms with Gasteiger partial charge in [0.2, 0.25) is 0 Å². The van der Waals surface area contributed by atoms with Crippen LogP contribution in [-0.2, 0) is 6.42 Å². The molecule has 0 aromatic heterocycles. The largest absolute Gasteiger partial charge is 0.465 e. The van der Waals surface area contributed by atoms with Crippen molar-refractivity contribution in [3.8, 4) is 0 Å². The van der Waals surface area contributed by atoms with E-state index in [1.54, 1.807) is 4.90 Å². The molecule has 4 heteroatoms. The fraction of sp³-hybridized carbons (Fsp3) is 0.682. The number of carbonyl (C=O) groups is 1. The van der Waals surface area contributed by atoms with Gasteiger partial charge in [0.1, 0.15) is 0 Å². The van der Waals surface area contributed by atoms with Crippen molar-refractivity contribution in [2.24, 2.45) is 5.92 Å². The first kappa shape index (κ1) is 20.8. The van der Waals surface area contributed by atoms with Gasteiger partial charge >= 0.3 is 6.09 Å². The van der Waals surface area contributed by atoms with Crippen LogP contribution in [0.3, 0.4) is 0 Å². The molecule has 2 rings (SSSR count). The van der Waals surface area contributed by atoms with Crippen molar-refractivity contribution < 1.29 is 9.90 Å². The Hall–Kier alpha value is -1.55. The number of benzene rings is 1. The van der Waals surface area contributed by atoms with Gasteiger partial charge < -0.3 is 10.4 Å². The van der Waals surface area contributed by atoms with Crippen molar-refractivity contribution in [3.05, 3.63) is 35.9 Å². The smallest absolute Gasteiger partial charge is 0.407 e. The van der Waals surface area contributed by atoms with E-state index < -0.39 is 6.09 Å². The summed E-state index contributed by atoms with van der Waals surface area (Å²) in [6.45, 7) is 6.53. The van der Waals surface area contributed by atoms with Crippen molar-refractivity contribution in [1.29, 1.82) is 0 Å². The lowest BCUT2D eigenvalue weighted by Gasteiger charge is -2.51. The standard InChI is InChI=1S/C22H36N2O2/c1-3-5-6-7-11-14-20(4-2)22(17-19-12-9-8-10-13-19)18-23-15-16-24(22)21(25)26/h8-10,12-13,20,23H,3-7,11,14-18H2,1-2H3,(H,25,26). The molecular weight excluding hydrogens is 324 g/mol. The lowest BCUT2D eigenvalue weighted by Crippen LogP contribution is -2.67. The molecule has 1 amide bonds. The number of nitrogens with zero attached hydrogens (tertiary/aromatic N) is 1. The first-order valence-corrected chi connectivity index (χ1v) is 10.4. The minimum atomic E-state index is -0.771. The number of amides is 1. The maximum Gasteiger partial charge on any atom is 0.407 e. The molecular formula is C22H36N2O2. The van der Waals surface area contributed by atoms with E-state index >= 15 is 0 Å². The monoisotopic (exact) mass is 360 g/mol. The Bertz CT molecular complexity index is 534. The highest BCUT2D eigenvalue weighted by Gasteiger charge is 2.46. The molecule has 0 saturated carbocycles. The summed E-state index contributed by atoms with van der Waals surface area (Å²) < 4.78 is 0. The molecule has 1 fully saturated rings. The van der Waals surface area contributed by atoms with Crippen LogP contribution in [0.1, 0.15) is 64.4 Å². The molecule has 26 heavy (non-hydrogen) atoms. The maximum absolute atomic E-state index is 12.1. The van der Waals surface area contributed by atoms with E-state index in [-0.39, 0.29) is 5.54 Å². The summed E-state index contributed by atoms with van der Waals surface area (Å²) in [5.41, 5.74) is 0.886. The summed E-state index contributed by atoms with van der Waals surface area (Å²) >= 11 is 0. The molecule has 0 aliphatic carbocycles. The third-order valence-electron chi connectivity index (χ3n) is 5.97. The Kier molecular flexibility index (Phi) is 8.43. The minimum absolute atomic E-state index is 0.342. The summed E-state index contributed by atoms with van der Waals surface area (Å²) in [5, 5.41) is 13.4. The van der Waals surface area contributed by atoms with Gasteiger partial charge in [-0.05, 0) is 24.3 Å². The molecule has 4 nitrogen and oxygen atoms in total. The average Bonchev–Trinajstić information content (AvgIpc) is 2.65. The van der Waals surface area contributed by atoms with Gasteiger partial charge in [-0.1, -0.05) is 82.7 Å². The van der Waals surface area contributed by atoms with E-state index in [0.29, 0.717) is 12.5 Å². The van der Waals surface area contributed by atoms with Crippen molar-refractivity contribution in [2.45, 2.75) is 70.8 Å². The SMILES string of the molecule is CCCCCCCC(CC)C1(Cc2ccccc2)CNCCN1C(=O)O. The normalized spacial score (nSPS) is 21.5. The van der Waals surface area contributed by atoms with Gasteiger partial charge in [-0.15, -0.1) is 0 Å². The van der Waals surface area contributed by atoms with Crippen LogP contribution in [-0.4, -0.2) is 41.3 Å². The second kappa shape index (κ2) is 10.6. The van der Waals surface area contributed by atoms with Crippen molar-refractivity contribution in [3.63, 3.8) is 0 Å². The quantitative estimate of drug-likeness (QED) is 0.581. The van der Waals surface area contributed by atoms with Crippen LogP contribution in [0.15, 0.2) is 30.3 Å². The van der Waals surface area contributed by atoms with Crippen LogP contribution in [0.25, 0.3) is 0 Å². The first-order valence-electron chi connectivity index (χ1n) is 10.4. The number of carboxylic acid groups (broad SMARTS) is 1. The molecule has 2 unspecified atom stereocenters. The van der Waals surface area contributed by atoms with Crippen LogP contribution < -0.4 is 5.32 Å². The summed E-state index contributed by atoms with van der Waals surface area (Å²) in [6, 6.07) is 10.4. The zero-order valence-corrected chi connectivity index (χ0v) is 16.5. The number of piperazine rings is 1. The van der Waals surface area contributed by atoms with Gasteiger partial charge in [-0.2, -0.15) is 0 Å². The van der Waals surface area contributed by atoms with Gasteiger partial charge in [0.15, 0.2) is 0 Å². The Morgan fingerprint density at radius 2 is 1.92 bits per heavy atom. The van der Waals surface area contributed by atoms with E-state index in [0.717, 1.165) is 32.4 Å². The molecule has 2 atom stereocenters. The fourth-order valence-electron chi connectivity index (χ4n) is 4.56. The maximum atomic E-state index is 12.1. The average molecular weight is 361 g/mol. The zero-order valence-electron chi connectivity index (χ0n) is 16.5. The molecule has 1 aliphatic heterocycles. The van der Waals surface area contributed by atoms with E-state index in [4.69, 9.17) is 0 Å². The molecule has 0 bridgehead atoms. The first-order chi connectivity index (χ1) is 12.6. The highest BCUT2D eigenvalue weighted by Crippen LogP contribution is 2.36. The zero-order chi connectivity index (χ0) is 18.8. The molecule has 146 valence electrons. The number of hydrogen-bond donors (Lipinski definition) is 2. The van der Waals surface area contributed by atoms with Crippen LogP contribution >= 0.6 is 0 Å². The second-order valence-electron chi connectivity index (χ2n) is 7.69. The second-order valence-corrected chi connectivity index (χ2v) is 7.69. The highest BCUT2D eigenvalue weighted by atomic mass is 16.4. The Labute approximate surface area is 159 Å². The number of hydrogen-bond acceptors (Lipinski definition) is 2. The summed E-state index contributed by atoms with van der Waals surface area (Å²) in [7, 11) is 0. The predicted molar refractivity (Wildman–Crippen MR) is 108 cm³/mol. The van der Waals surface area contributed by atoms with E-state index in [1.165, 1.54) is 37.7 Å². The minimum Gasteiger partial charge on any atom is -0.465 e. The van der Waals surface area contributed by atoms with Gasteiger partial charge in [-0.25, -0.2) is 4.79 Å². The van der Waals surface area contributed by atoms with Gasteiger partial charge in [0.25, 0.3) is 0 Å². The van der Waals surface area contributed by atoms with Gasteiger partial charge in [0, 0.05) is 19.6 Å². The summed E-state index contributed by atoms with van der Waals surface area (Å²) in [6.07, 6.45) is 8.45. The molecule has 2 N–H and O–H groups in total. The highest BCUT2D eigenvalue weighted by molar-refractivity contribution is 5.66. The molecule has 0 spiro atoms. The third-order valence-corrected chi connectivity index (χ3v) is 5.97. The molecule has 1 aliphatic rings. The van der Waals surface area contributed by atoms with Crippen LogP contribution in [0, 0.1) is 5.92 Å². The topological polar surface area (TPSA) is 52.6 Å². The van der Waals surface area contributed by atoms with E-state index in [1.807, 2.05) is 6.07 Å². The lowest BCUT2D eigenvalue weighted by atomic mass is 9.72. The summed E-state index contributed by atoms with van der Waals surface area (Å²) in [4.78, 5) is 13.8. The molecule has 1 saturated heterocycles. The van der Waals surface area contributed by atoms with Crippen molar-refractivity contribution >= 4 is 6.09 Å². The molecule has 1 aromatic carbocycles. The van der Waals surface area contributed by atoms with E-state index in [2.05, 4.69) is 43.4 Å². The lowest BCUT2D eigenvalue weighted by molar-refractivity contribution is 0.0118. The van der Waals surface area contributed by atoms with Gasteiger partial charge in [-0.3, -0.25) is 4.90 Å². The Morgan fingerprint density at radius 1 is 1.19 bits per heavy atom. The number of nitrogens with one attached hydrogen (secondary N) is 1. The molecule has 1 heterocycles. The van der Waals surface area contributed by atoms with Crippen LogP contribution in [0.5, 0.6) is 0 Å². The fourth-order valence-corrected chi connectivity index (χ4v) is 4.56. The third kappa shape index (κ3) is 5.23. The molecule has 0 radical (unpaired) electrons. The summed E-state index contributed by atoms with van der Waals surface area (Å²) in [5.74, 6) is 0.383. The molecule has 1 aromatic rings. The van der Waals surface area contributed by atoms with Crippen LogP contribution in [0.2, 0.25) is 0 Å². The van der Waals surface area contributed by atoms with Crippen molar-refractivity contribution in [2.75, 3.05) is 19.6 Å².